The highest BCUT2D eigenvalue weighted by atomic mass is 16.5. The molecule has 0 saturated heterocycles. The predicted molar refractivity (Wildman–Crippen MR) is 80.7 cm³/mol. The number of benzene rings is 1. The molecule has 1 amide bonds. The molecule has 5 heteroatoms. The highest BCUT2D eigenvalue weighted by Crippen LogP contribution is 2.13. The van der Waals surface area contributed by atoms with Crippen LogP contribution in [-0.4, -0.2) is 24.6 Å². The second kappa shape index (κ2) is 7.28. The normalized spacial score (nSPS) is 10.0. The number of nitrogens with zero attached hydrogens (tertiary/aromatic N) is 1. The third kappa shape index (κ3) is 4.80. The molecule has 110 valence electrons. The van der Waals surface area contributed by atoms with Gasteiger partial charge in [0.15, 0.2) is 0 Å². The van der Waals surface area contributed by atoms with Crippen molar-refractivity contribution >= 4 is 11.6 Å². The second-order valence-electron chi connectivity index (χ2n) is 4.55. The first kappa shape index (κ1) is 14.8. The maximum Gasteiger partial charge on any atom is 0.227 e. The lowest BCUT2D eigenvalue weighted by molar-refractivity contribution is -0.116. The number of anilines is 1. The van der Waals surface area contributed by atoms with Crippen molar-refractivity contribution in [1.29, 1.82) is 0 Å². The number of methoxy groups -OCH3 is 1. The molecule has 0 atom stereocenters. The number of pyridine rings is 1. The monoisotopic (exact) mass is 286 g/mol. The molecule has 1 heterocycles. The molecule has 0 saturated carbocycles. The number of nitrogens with one attached hydrogen (secondary N) is 1. The van der Waals surface area contributed by atoms with Crippen LogP contribution in [0.25, 0.3) is 0 Å². The molecule has 0 radical (unpaired) electrons. The van der Waals surface area contributed by atoms with Crippen molar-refractivity contribution in [3.05, 3.63) is 48.2 Å². The van der Waals surface area contributed by atoms with E-state index in [0.29, 0.717) is 18.2 Å². The third-order valence-corrected chi connectivity index (χ3v) is 2.82. The Morgan fingerprint density at radius 3 is 2.81 bits per heavy atom. The molecule has 1 aromatic carbocycles. The number of aromatic nitrogens is 1. The lowest BCUT2D eigenvalue weighted by atomic mass is 10.2. The van der Waals surface area contributed by atoms with E-state index in [1.165, 1.54) is 0 Å². The van der Waals surface area contributed by atoms with Crippen LogP contribution >= 0.6 is 0 Å². The Balaban J connectivity index is 1.76. The van der Waals surface area contributed by atoms with Crippen molar-refractivity contribution in [2.24, 2.45) is 0 Å². The molecule has 2 aromatic rings. The predicted octanol–water partition coefficient (Wildman–Crippen LogP) is 2.81. The zero-order valence-electron chi connectivity index (χ0n) is 12.1. The van der Waals surface area contributed by atoms with Crippen LogP contribution < -0.4 is 14.8 Å². The highest BCUT2D eigenvalue weighted by Gasteiger charge is 2.04. The summed E-state index contributed by atoms with van der Waals surface area (Å²) in [4.78, 5) is 15.8. The number of aryl methyl sites for hydroxylation is 1. The molecular weight excluding hydrogens is 268 g/mol. The Morgan fingerprint density at radius 1 is 1.29 bits per heavy atom. The minimum atomic E-state index is -0.116. The largest absolute Gasteiger partial charge is 0.493 e. The standard InChI is InChI=1S/C16H18N2O3/c1-12-4-3-5-14(10-12)21-9-8-15(19)18-13-6-7-16(20-2)17-11-13/h3-7,10-11H,8-9H2,1-2H3,(H,18,19). The van der Waals surface area contributed by atoms with Gasteiger partial charge >= 0.3 is 0 Å². The topological polar surface area (TPSA) is 60.5 Å². The Labute approximate surface area is 123 Å². The summed E-state index contributed by atoms with van der Waals surface area (Å²) in [5.41, 5.74) is 1.76. The summed E-state index contributed by atoms with van der Waals surface area (Å²) in [6.07, 6.45) is 1.83. The minimum Gasteiger partial charge on any atom is -0.493 e. The summed E-state index contributed by atoms with van der Waals surface area (Å²) >= 11 is 0. The van der Waals surface area contributed by atoms with E-state index < -0.39 is 0 Å². The van der Waals surface area contributed by atoms with Crippen LogP contribution in [0, 0.1) is 6.92 Å². The van der Waals surface area contributed by atoms with Gasteiger partial charge in [-0.3, -0.25) is 4.79 Å². The highest BCUT2D eigenvalue weighted by molar-refractivity contribution is 5.90. The van der Waals surface area contributed by atoms with E-state index in [4.69, 9.17) is 9.47 Å². The van der Waals surface area contributed by atoms with Gasteiger partial charge in [-0.1, -0.05) is 12.1 Å². The third-order valence-electron chi connectivity index (χ3n) is 2.82. The van der Waals surface area contributed by atoms with Crippen LogP contribution in [0.2, 0.25) is 0 Å². The van der Waals surface area contributed by atoms with Gasteiger partial charge in [0, 0.05) is 6.07 Å². The average Bonchev–Trinajstić information content (AvgIpc) is 2.48. The summed E-state index contributed by atoms with van der Waals surface area (Å²) in [6, 6.07) is 11.2. The molecule has 0 aliphatic heterocycles. The van der Waals surface area contributed by atoms with Gasteiger partial charge in [-0.15, -0.1) is 0 Å². The van der Waals surface area contributed by atoms with Crippen LogP contribution in [0.15, 0.2) is 42.6 Å². The molecule has 0 fully saturated rings. The smallest absolute Gasteiger partial charge is 0.227 e. The molecule has 0 spiro atoms. The number of carbonyl (C=O) groups excluding carboxylic acids is 1. The van der Waals surface area contributed by atoms with Gasteiger partial charge in [0.1, 0.15) is 5.75 Å². The van der Waals surface area contributed by atoms with E-state index in [2.05, 4.69) is 10.3 Å². The quantitative estimate of drug-likeness (QED) is 0.887. The van der Waals surface area contributed by atoms with Gasteiger partial charge in [-0.2, -0.15) is 0 Å². The van der Waals surface area contributed by atoms with Gasteiger partial charge in [-0.05, 0) is 30.7 Å². The number of ether oxygens (including phenoxy) is 2. The van der Waals surface area contributed by atoms with Crippen molar-refractivity contribution < 1.29 is 14.3 Å². The fourth-order valence-electron chi connectivity index (χ4n) is 1.77. The zero-order chi connectivity index (χ0) is 15.1. The molecule has 21 heavy (non-hydrogen) atoms. The molecule has 5 nitrogen and oxygen atoms in total. The van der Waals surface area contributed by atoms with E-state index in [-0.39, 0.29) is 12.3 Å². The maximum absolute atomic E-state index is 11.8. The van der Waals surface area contributed by atoms with Gasteiger partial charge in [0.25, 0.3) is 0 Å². The van der Waals surface area contributed by atoms with Crippen molar-refractivity contribution in [1.82, 2.24) is 4.98 Å². The molecule has 0 bridgehead atoms. The Kier molecular flexibility index (Phi) is 5.15. The zero-order valence-corrected chi connectivity index (χ0v) is 12.1. The Bertz CT molecular complexity index is 597. The summed E-state index contributed by atoms with van der Waals surface area (Å²) in [5.74, 6) is 1.17. The van der Waals surface area contributed by atoms with Gasteiger partial charge in [-0.25, -0.2) is 4.98 Å². The molecule has 1 aromatic heterocycles. The van der Waals surface area contributed by atoms with Crippen molar-refractivity contribution in [2.45, 2.75) is 13.3 Å². The number of hydrogen-bond acceptors (Lipinski definition) is 4. The van der Waals surface area contributed by atoms with E-state index >= 15 is 0 Å². The van der Waals surface area contributed by atoms with Crippen LogP contribution in [0.5, 0.6) is 11.6 Å². The van der Waals surface area contributed by atoms with Crippen LogP contribution in [0.3, 0.4) is 0 Å². The van der Waals surface area contributed by atoms with E-state index in [9.17, 15) is 4.79 Å². The first-order valence-electron chi connectivity index (χ1n) is 6.67. The van der Waals surface area contributed by atoms with E-state index in [1.807, 2.05) is 31.2 Å². The van der Waals surface area contributed by atoms with Crippen LogP contribution in [0.1, 0.15) is 12.0 Å². The molecule has 0 aliphatic carbocycles. The summed E-state index contributed by atoms with van der Waals surface area (Å²) in [7, 11) is 1.54. The Hall–Kier alpha value is -2.56. The summed E-state index contributed by atoms with van der Waals surface area (Å²) < 4.78 is 10.5. The fourth-order valence-corrected chi connectivity index (χ4v) is 1.77. The minimum absolute atomic E-state index is 0.116. The summed E-state index contributed by atoms with van der Waals surface area (Å²) in [6.45, 7) is 2.33. The first-order valence-corrected chi connectivity index (χ1v) is 6.67. The van der Waals surface area contributed by atoms with E-state index in [1.54, 1.807) is 25.4 Å². The van der Waals surface area contributed by atoms with Crippen molar-refractivity contribution in [3.8, 4) is 11.6 Å². The number of hydrogen-bond donors (Lipinski definition) is 1. The SMILES string of the molecule is COc1ccc(NC(=O)CCOc2cccc(C)c2)cn1. The average molecular weight is 286 g/mol. The molecule has 0 unspecified atom stereocenters. The Morgan fingerprint density at radius 2 is 2.14 bits per heavy atom. The van der Waals surface area contributed by atoms with Crippen LogP contribution in [-0.2, 0) is 4.79 Å². The second-order valence-corrected chi connectivity index (χ2v) is 4.55. The first-order chi connectivity index (χ1) is 10.2. The van der Waals surface area contributed by atoms with Gasteiger partial charge in [0.2, 0.25) is 11.8 Å². The lowest BCUT2D eigenvalue weighted by Crippen LogP contribution is -2.15. The fraction of sp³-hybridized carbons (Fsp3) is 0.250. The number of amides is 1. The molecule has 2 rings (SSSR count). The van der Waals surface area contributed by atoms with Gasteiger partial charge < -0.3 is 14.8 Å². The number of carbonyl (C=O) groups is 1. The van der Waals surface area contributed by atoms with Crippen molar-refractivity contribution in [3.63, 3.8) is 0 Å². The molecular formula is C16H18N2O3. The summed E-state index contributed by atoms with van der Waals surface area (Å²) in [5, 5.41) is 2.75. The molecule has 0 aliphatic rings. The number of rotatable bonds is 6. The van der Waals surface area contributed by atoms with E-state index in [0.717, 1.165) is 11.3 Å². The lowest BCUT2D eigenvalue weighted by Gasteiger charge is -2.08. The van der Waals surface area contributed by atoms with Crippen LogP contribution in [0.4, 0.5) is 5.69 Å². The van der Waals surface area contributed by atoms with Crippen molar-refractivity contribution in [2.75, 3.05) is 19.0 Å². The van der Waals surface area contributed by atoms with Gasteiger partial charge in [0.05, 0.1) is 32.0 Å². The maximum atomic E-state index is 11.8. The molecule has 1 N–H and O–H groups in total.